The molecule has 2 aliphatic rings. The number of nitrogens with one attached hydrogen (secondary N) is 2. The van der Waals surface area contributed by atoms with E-state index in [9.17, 15) is 4.79 Å². The van der Waals surface area contributed by atoms with Crippen LogP contribution in [0.4, 0.5) is 4.79 Å². The molecule has 1 saturated carbocycles. The Balaban J connectivity index is 1.62. The van der Waals surface area contributed by atoms with Gasteiger partial charge in [0.25, 0.3) is 0 Å². The lowest BCUT2D eigenvalue weighted by molar-refractivity contribution is -0.0201. The van der Waals surface area contributed by atoms with Gasteiger partial charge in [-0.15, -0.1) is 0 Å². The summed E-state index contributed by atoms with van der Waals surface area (Å²) in [6.45, 7) is 7.82. The first-order chi connectivity index (χ1) is 9.82. The van der Waals surface area contributed by atoms with Gasteiger partial charge < -0.3 is 24.8 Å². The lowest BCUT2D eigenvalue weighted by Crippen LogP contribution is -2.56. The van der Waals surface area contributed by atoms with Gasteiger partial charge in [-0.3, -0.25) is 0 Å². The molecule has 0 radical (unpaired) electrons. The molecular formula is C15H28N2O4. The fourth-order valence-corrected chi connectivity index (χ4v) is 2.67. The van der Waals surface area contributed by atoms with Crippen molar-refractivity contribution >= 4 is 6.09 Å². The molecule has 2 fully saturated rings. The van der Waals surface area contributed by atoms with Gasteiger partial charge in [-0.25, -0.2) is 4.79 Å². The van der Waals surface area contributed by atoms with Crippen molar-refractivity contribution in [2.24, 2.45) is 0 Å². The van der Waals surface area contributed by atoms with Crippen LogP contribution >= 0.6 is 0 Å². The molecule has 1 unspecified atom stereocenters. The van der Waals surface area contributed by atoms with Crippen LogP contribution in [-0.4, -0.2) is 56.2 Å². The first kappa shape index (κ1) is 16.5. The Morgan fingerprint density at radius 1 is 1.33 bits per heavy atom. The van der Waals surface area contributed by atoms with Crippen molar-refractivity contribution in [1.29, 1.82) is 0 Å². The van der Waals surface area contributed by atoms with Gasteiger partial charge >= 0.3 is 6.09 Å². The van der Waals surface area contributed by atoms with Crippen molar-refractivity contribution in [3.05, 3.63) is 0 Å². The van der Waals surface area contributed by atoms with Crippen molar-refractivity contribution in [1.82, 2.24) is 10.6 Å². The fourth-order valence-electron chi connectivity index (χ4n) is 2.67. The predicted molar refractivity (Wildman–Crippen MR) is 79.4 cm³/mol. The maximum absolute atomic E-state index is 11.6. The molecule has 1 aliphatic carbocycles. The predicted octanol–water partition coefficient (Wildman–Crippen LogP) is 1.44. The zero-order valence-corrected chi connectivity index (χ0v) is 13.5. The second-order valence-electron chi connectivity index (χ2n) is 7.08. The molecule has 0 aromatic rings. The smallest absolute Gasteiger partial charge is 0.407 e. The Labute approximate surface area is 126 Å². The summed E-state index contributed by atoms with van der Waals surface area (Å²) in [6.07, 6.45) is 2.46. The quantitative estimate of drug-likeness (QED) is 0.804. The molecule has 21 heavy (non-hydrogen) atoms. The average molecular weight is 300 g/mol. The minimum atomic E-state index is -0.446. The van der Waals surface area contributed by atoms with Gasteiger partial charge in [0.2, 0.25) is 0 Å². The normalized spacial score (nSPS) is 32.6. The first-order valence-corrected chi connectivity index (χ1v) is 7.68. The molecule has 6 heteroatoms. The lowest BCUT2D eigenvalue weighted by atomic mass is 9.86. The topological polar surface area (TPSA) is 68.8 Å². The zero-order chi connectivity index (χ0) is 15.5. The molecular weight excluding hydrogens is 272 g/mol. The van der Waals surface area contributed by atoms with Gasteiger partial charge in [0.05, 0.1) is 6.61 Å². The largest absolute Gasteiger partial charge is 0.444 e. The van der Waals surface area contributed by atoms with Gasteiger partial charge in [-0.1, -0.05) is 0 Å². The maximum atomic E-state index is 11.6. The molecule has 1 heterocycles. The summed E-state index contributed by atoms with van der Waals surface area (Å²) in [5, 5.41) is 6.40. The third-order valence-corrected chi connectivity index (χ3v) is 4.07. The number of carbonyl (C=O) groups excluding carboxylic acids is 1. The molecule has 1 amide bonds. The average Bonchev–Trinajstić information content (AvgIpc) is 2.79. The highest BCUT2D eigenvalue weighted by atomic mass is 16.6. The van der Waals surface area contributed by atoms with E-state index in [2.05, 4.69) is 10.6 Å². The number of alkyl carbamates (subject to hydrolysis) is 1. The highest BCUT2D eigenvalue weighted by Crippen LogP contribution is 2.25. The molecule has 2 N–H and O–H groups in total. The van der Waals surface area contributed by atoms with E-state index in [4.69, 9.17) is 14.2 Å². The van der Waals surface area contributed by atoms with E-state index in [1.165, 1.54) is 0 Å². The third kappa shape index (κ3) is 4.83. The van der Waals surface area contributed by atoms with E-state index in [0.717, 1.165) is 32.4 Å². The van der Waals surface area contributed by atoms with Crippen LogP contribution in [0.2, 0.25) is 0 Å². The van der Waals surface area contributed by atoms with Crippen LogP contribution < -0.4 is 10.6 Å². The molecule has 0 aromatic carbocycles. The molecule has 0 bridgehead atoms. The second-order valence-corrected chi connectivity index (χ2v) is 7.08. The summed E-state index contributed by atoms with van der Waals surface area (Å²) in [5.41, 5.74) is -0.623. The number of hydrogen-bond donors (Lipinski definition) is 2. The molecule has 0 aromatic heterocycles. The minimum absolute atomic E-state index is 0.177. The van der Waals surface area contributed by atoms with Crippen LogP contribution in [0.3, 0.4) is 0 Å². The molecule has 2 rings (SSSR count). The van der Waals surface area contributed by atoms with E-state index in [1.54, 1.807) is 7.11 Å². The van der Waals surface area contributed by atoms with Crippen LogP contribution in [0.25, 0.3) is 0 Å². The van der Waals surface area contributed by atoms with Crippen LogP contribution in [0.5, 0.6) is 0 Å². The molecule has 1 aliphatic heterocycles. The summed E-state index contributed by atoms with van der Waals surface area (Å²) >= 11 is 0. The number of ether oxygens (including phenoxy) is 3. The van der Waals surface area contributed by atoms with Crippen LogP contribution in [0, 0.1) is 0 Å². The Hall–Kier alpha value is -0.850. The van der Waals surface area contributed by atoms with Gasteiger partial charge in [0.1, 0.15) is 11.2 Å². The van der Waals surface area contributed by atoms with Gasteiger partial charge in [0, 0.05) is 38.8 Å². The number of rotatable bonds is 5. The highest BCUT2D eigenvalue weighted by Gasteiger charge is 2.37. The van der Waals surface area contributed by atoms with Gasteiger partial charge in [0.15, 0.2) is 0 Å². The van der Waals surface area contributed by atoms with E-state index in [-0.39, 0.29) is 17.7 Å². The van der Waals surface area contributed by atoms with E-state index >= 15 is 0 Å². The number of methoxy groups -OCH3 is 1. The Morgan fingerprint density at radius 3 is 2.57 bits per heavy atom. The standard InChI is InChI=1S/C15H28N2O4/c1-14(2,3)21-13(18)17-12-7-11(8-12)16-9-15(19-4)5-6-20-10-15/h11-12,16H,5-10H2,1-4H3,(H,17,18). The number of carbonyl (C=O) groups is 1. The molecule has 6 nitrogen and oxygen atoms in total. The van der Waals surface area contributed by atoms with Gasteiger partial charge in [-0.2, -0.15) is 0 Å². The van der Waals surface area contributed by atoms with Crippen LogP contribution in [-0.2, 0) is 14.2 Å². The van der Waals surface area contributed by atoms with E-state index in [1.807, 2.05) is 20.8 Å². The second kappa shape index (κ2) is 6.50. The zero-order valence-electron chi connectivity index (χ0n) is 13.5. The maximum Gasteiger partial charge on any atom is 0.407 e. The minimum Gasteiger partial charge on any atom is -0.444 e. The summed E-state index contributed by atoms with van der Waals surface area (Å²) in [5.74, 6) is 0. The van der Waals surface area contributed by atoms with Crippen molar-refractivity contribution < 1.29 is 19.0 Å². The fraction of sp³-hybridized carbons (Fsp3) is 0.933. The Bertz CT molecular complexity index is 355. The monoisotopic (exact) mass is 300 g/mol. The summed E-state index contributed by atoms with van der Waals surface area (Å²) in [4.78, 5) is 11.6. The van der Waals surface area contributed by atoms with Crippen molar-refractivity contribution in [2.45, 2.75) is 63.3 Å². The lowest BCUT2D eigenvalue weighted by Gasteiger charge is -2.38. The van der Waals surface area contributed by atoms with Crippen LogP contribution in [0.1, 0.15) is 40.0 Å². The summed E-state index contributed by atoms with van der Waals surface area (Å²) in [6, 6.07) is 0.633. The Morgan fingerprint density at radius 2 is 2.05 bits per heavy atom. The molecule has 1 saturated heterocycles. The van der Waals surface area contributed by atoms with E-state index < -0.39 is 5.60 Å². The highest BCUT2D eigenvalue weighted by molar-refractivity contribution is 5.68. The van der Waals surface area contributed by atoms with Crippen molar-refractivity contribution in [2.75, 3.05) is 26.9 Å². The van der Waals surface area contributed by atoms with Crippen LogP contribution in [0.15, 0.2) is 0 Å². The summed E-state index contributed by atoms with van der Waals surface area (Å²) < 4.78 is 16.3. The van der Waals surface area contributed by atoms with E-state index in [0.29, 0.717) is 12.6 Å². The number of hydrogen-bond acceptors (Lipinski definition) is 5. The molecule has 0 spiro atoms. The molecule has 122 valence electrons. The first-order valence-electron chi connectivity index (χ1n) is 7.68. The van der Waals surface area contributed by atoms with Gasteiger partial charge in [-0.05, 0) is 33.6 Å². The Kier molecular flexibility index (Phi) is 5.11. The molecule has 1 atom stereocenters. The third-order valence-electron chi connectivity index (χ3n) is 4.07. The summed E-state index contributed by atoms with van der Waals surface area (Å²) in [7, 11) is 1.74. The van der Waals surface area contributed by atoms with Crippen molar-refractivity contribution in [3.8, 4) is 0 Å². The van der Waals surface area contributed by atoms with Crippen molar-refractivity contribution in [3.63, 3.8) is 0 Å². The number of amides is 1. The SMILES string of the molecule is COC1(CNC2CC(NC(=O)OC(C)(C)C)C2)CCOC1.